The fourth-order valence-electron chi connectivity index (χ4n) is 3.58. The van der Waals surface area contributed by atoms with Crippen molar-refractivity contribution in [2.75, 3.05) is 22.5 Å². The van der Waals surface area contributed by atoms with Crippen LogP contribution in [0.25, 0.3) is 0 Å². The average Bonchev–Trinajstić information content (AvgIpc) is 2.51. The Kier molecular flexibility index (Phi) is 4.46. The molecule has 1 aliphatic carbocycles. The minimum absolute atomic E-state index is 0.512. The maximum atomic E-state index is 6.36. The Bertz CT molecular complexity index is 470. The smallest absolute Gasteiger partial charge is 0.157 e. The Balaban J connectivity index is 1.77. The van der Waals surface area contributed by atoms with Crippen LogP contribution in [0.5, 0.6) is 0 Å². The Morgan fingerprint density at radius 2 is 1.86 bits per heavy atom. The third-order valence-electron chi connectivity index (χ3n) is 4.88. The Hall–Kier alpha value is -1.52. The minimum atomic E-state index is 0.512. The molecule has 21 heavy (non-hydrogen) atoms. The molecule has 5 heteroatoms. The molecule has 2 heterocycles. The number of nitrogen functional groups attached to an aromatic ring is 1. The van der Waals surface area contributed by atoms with Crippen molar-refractivity contribution < 1.29 is 0 Å². The van der Waals surface area contributed by atoms with E-state index in [1.54, 1.807) is 6.33 Å². The van der Waals surface area contributed by atoms with E-state index in [0.717, 1.165) is 23.9 Å². The zero-order valence-corrected chi connectivity index (χ0v) is 13.0. The summed E-state index contributed by atoms with van der Waals surface area (Å²) < 4.78 is 0. The van der Waals surface area contributed by atoms with Gasteiger partial charge in [-0.2, -0.15) is 0 Å². The second kappa shape index (κ2) is 6.50. The maximum absolute atomic E-state index is 6.36. The van der Waals surface area contributed by atoms with Gasteiger partial charge in [-0.25, -0.2) is 9.97 Å². The molecular weight excluding hydrogens is 262 g/mol. The van der Waals surface area contributed by atoms with E-state index in [1.165, 1.54) is 51.4 Å². The van der Waals surface area contributed by atoms with Crippen LogP contribution < -0.4 is 16.0 Å². The zero-order chi connectivity index (χ0) is 14.7. The van der Waals surface area contributed by atoms with Crippen molar-refractivity contribution in [3.8, 4) is 0 Å². The highest BCUT2D eigenvalue weighted by molar-refractivity contribution is 5.75. The van der Waals surface area contributed by atoms with E-state index in [4.69, 9.17) is 5.73 Å². The average molecular weight is 289 g/mol. The number of hydrogen-bond donors (Lipinski definition) is 2. The van der Waals surface area contributed by atoms with E-state index in [2.05, 4.69) is 27.1 Å². The summed E-state index contributed by atoms with van der Waals surface area (Å²) in [5, 5.41) is 3.54. The lowest BCUT2D eigenvalue weighted by Crippen LogP contribution is -2.38. The number of aromatic nitrogens is 2. The van der Waals surface area contributed by atoms with Gasteiger partial charge in [0, 0.05) is 18.6 Å². The normalized spacial score (nSPS) is 24.0. The molecule has 5 nitrogen and oxygen atoms in total. The van der Waals surface area contributed by atoms with Crippen LogP contribution in [0.2, 0.25) is 0 Å². The molecule has 0 amide bonds. The van der Waals surface area contributed by atoms with E-state index in [-0.39, 0.29) is 0 Å². The third-order valence-corrected chi connectivity index (χ3v) is 4.88. The first-order chi connectivity index (χ1) is 10.3. The van der Waals surface area contributed by atoms with Gasteiger partial charge in [-0.1, -0.05) is 19.3 Å². The van der Waals surface area contributed by atoms with Crippen molar-refractivity contribution in [1.82, 2.24) is 9.97 Å². The number of nitrogens with one attached hydrogen (secondary N) is 1. The molecule has 116 valence electrons. The summed E-state index contributed by atoms with van der Waals surface area (Å²) in [6.45, 7) is 3.31. The van der Waals surface area contributed by atoms with E-state index in [1.807, 2.05) is 0 Å². The molecule has 1 unspecified atom stereocenters. The summed E-state index contributed by atoms with van der Waals surface area (Å²) >= 11 is 0. The van der Waals surface area contributed by atoms with Gasteiger partial charge in [0.15, 0.2) is 11.6 Å². The molecule has 0 radical (unpaired) electrons. The molecule has 1 aromatic rings. The largest absolute Gasteiger partial charge is 0.393 e. The van der Waals surface area contributed by atoms with Crippen LogP contribution in [0.4, 0.5) is 17.3 Å². The van der Waals surface area contributed by atoms with Gasteiger partial charge in [0.25, 0.3) is 0 Å². The van der Waals surface area contributed by atoms with Gasteiger partial charge >= 0.3 is 0 Å². The Morgan fingerprint density at radius 1 is 1.10 bits per heavy atom. The molecule has 3 N–H and O–H groups in total. The van der Waals surface area contributed by atoms with Gasteiger partial charge in [0.2, 0.25) is 0 Å². The van der Waals surface area contributed by atoms with Gasteiger partial charge in [-0.3, -0.25) is 0 Å². The SMILES string of the molecule is CC1CCCCN1c1ncnc(NC2CCCCC2)c1N. The first kappa shape index (κ1) is 14.4. The molecule has 0 bridgehead atoms. The summed E-state index contributed by atoms with van der Waals surface area (Å²) in [4.78, 5) is 11.2. The fraction of sp³-hybridized carbons (Fsp3) is 0.750. The highest BCUT2D eigenvalue weighted by Gasteiger charge is 2.24. The van der Waals surface area contributed by atoms with Crippen LogP contribution in [0.15, 0.2) is 6.33 Å². The number of hydrogen-bond acceptors (Lipinski definition) is 5. The maximum Gasteiger partial charge on any atom is 0.157 e. The van der Waals surface area contributed by atoms with Crippen molar-refractivity contribution in [3.63, 3.8) is 0 Å². The van der Waals surface area contributed by atoms with Crippen LogP contribution in [-0.4, -0.2) is 28.6 Å². The van der Waals surface area contributed by atoms with Crippen molar-refractivity contribution in [2.24, 2.45) is 0 Å². The van der Waals surface area contributed by atoms with E-state index in [0.29, 0.717) is 12.1 Å². The molecule has 0 aromatic carbocycles. The molecular formula is C16H27N5. The lowest BCUT2D eigenvalue weighted by atomic mass is 9.95. The molecule has 3 rings (SSSR count). The van der Waals surface area contributed by atoms with Crippen LogP contribution in [0, 0.1) is 0 Å². The summed E-state index contributed by atoms with van der Waals surface area (Å²) in [6, 6.07) is 1.03. The van der Waals surface area contributed by atoms with Crippen LogP contribution >= 0.6 is 0 Å². The van der Waals surface area contributed by atoms with Crippen molar-refractivity contribution in [2.45, 2.75) is 70.4 Å². The topological polar surface area (TPSA) is 67.1 Å². The Labute approximate surface area is 127 Å². The zero-order valence-electron chi connectivity index (χ0n) is 13.0. The first-order valence-electron chi connectivity index (χ1n) is 8.39. The lowest BCUT2D eigenvalue weighted by Gasteiger charge is -2.35. The summed E-state index contributed by atoms with van der Waals surface area (Å²) in [7, 11) is 0. The second-order valence-corrected chi connectivity index (χ2v) is 6.48. The standard InChI is InChI=1S/C16H27N5/c1-12-7-5-6-10-21(12)16-14(17)15(18-11-19-16)20-13-8-3-2-4-9-13/h11-13H,2-10,17H2,1H3,(H,18,19,20). The molecule has 2 aliphatic rings. The summed E-state index contributed by atoms with van der Waals surface area (Å²) in [5.41, 5.74) is 7.08. The number of rotatable bonds is 3. The number of piperidine rings is 1. The van der Waals surface area contributed by atoms with Gasteiger partial charge in [0.05, 0.1) is 0 Å². The third kappa shape index (κ3) is 3.22. The predicted molar refractivity (Wildman–Crippen MR) is 87.6 cm³/mol. The molecule has 1 aliphatic heterocycles. The van der Waals surface area contributed by atoms with Crippen molar-refractivity contribution >= 4 is 17.3 Å². The van der Waals surface area contributed by atoms with Crippen molar-refractivity contribution in [3.05, 3.63) is 6.33 Å². The number of anilines is 3. The van der Waals surface area contributed by atoms with Gasteiger partial charge in [-0.05, 0) is 39.0 Å². The van der Waals surface area contributed by atoms with Crippen molar-refractivity contribution in [1.29, 1.82) is 0 Å². The molecule has 1 aromatic heterocycles. The number of nitrogens with two attached hydrogens (primary N) is 1. The highest BCUT2D eigenvalue weighted by atomic mass is 15.2. The highest BCUT2D eigenvalue weighted by Crippen LogP contribution is 2.32. The van der Waals surface area contributed by atoms with Crippen LogP contribution in [0.3, 0.4) is 0 Å². The molecule has 1 saturated heterocycles. The van der Waals surface area contributed by atoms with Gasteiger partial charge in [-0.15, -0.1) is 0 Å². The molecule has 1 saturated carbocycles. The minimum Gasteiger partial charge on any atom is -0.393 e. The summed E-state index contributed by atoms with van der Waals surface area (Å²) in [5.74, 6) is 1.74. The summed E-state index contributed by atoms with van der Waals surface area (Å²) in [6.07, 6.45) is 11.8. The second-order valence-electron chi connectivity index (χ2n) is 6.48. The van der Waals surface area contributed by atoms with Crippen LogP contribution in [0.1, 0.15) is 58.3 Å². The molecule has 1 atom stereocenters. The monoisotopic (exact) mass is 289 g/mol. The molecule has 2 fully saturated rings. The predicted octanol–water partition coefficient (Wildman–Crippen LogP) is 3.18. The van der Waals surface area contributed by atoms with E-state index >= 15 is 0 Å². The van der Waals surface area contributed by atoms with E-state index in [9.17, 15) is 0 Å². The quantitative estimate of drug-likeness (QED) is 0.894. The van der Waals surface area contributed by atoms with Gasteiger partial charge < -0.3 is 16.0 Å². The first-order valence-corrected chi connectivity index (χ1v) is 8.39. The number of nitrogens with zero attached hydrogens (tertiary/aromatic N) is 3. The van der Waals surface area contributed by atoms with Gasteiger partial charge in [0.1, 0.15) is 12.0 Å². The van der Waals surface area contributed by atoms with E-state index < -0.39 is 0 Å². The lowest BCUT2D eigenvalue weighted by molar-refractivity contribution is 0.461. The Morgan fingerprint density at radius 3 is 2.62 bits per heavy atom. The molecule has 0 spiro atoms. The fourth-order valence-corrected chi connectivity index (χ4v) is 3.58. The van der Waals surface area contributed by atoms with Crippen LogP contribution in [-0.2, 0) is 0 Å².